The number of halogens is 2. The number of carboxylic acid groups (broad SMARTS) is 1. The number of likely N-dealkylation sites (tertiary alicyclic amines) is 1. The van der Waals surface area contributed by atoms with Crippen molar-refractivity contribution in [1.82, 2.24) is 4.90 Å². The third kappa shape index (κ3) is 3.99. The Labute approximate surface area is 142 Å². The van der Waals surface area contributed by atoms with E-state index in [9.17, 15) is 9.90 Å². The second kappa shape index (κ2) is 7.11. The van der Waals surface area contributed by atoms with Gasteiger partial charge in [-0.15, -0.1) is 0 Å². The molecule has 1 fully saturated rings. The van der Waals surface area contributed by atoms with Gasteiger partial charge in [-0.3, -0.25) is 9.69 Å². The fourth-order valence-electron chi connectivity index (χ4n) is 2.83. The van der Waals surface area contributed by atoms with E-state index in [4.69, 9.17) is 0 Å². The average molecular weight is 420 g/mol. The molecule has 0 radical (unpaired) electrons. The van der Waals surface area contributed by atoms with Crippen molar-refractivity contribution < 1.29 is 9.90 Å². The average Bonchev–Trinajstić information content (AvgIpc) is 2.37. The van der Waals surface area contributed by atoms with E-state index in [-0.39, 0.29) is 6.04 Å². The van der Waals surface area contributed by atoms with Crippen LogP contribution in [0.3, 0.4) is 0 Å². The van der Waals surface area contributed by atoms with E-state index in [0.717, 1.165) is 46.0 Å². The van der Waals surface area contributed by atoms with Gasteiger partial charge in [0.05, 0.1) is 5.69 Å². The summed E-state index contributed by atoms with van der Waals surface area (Å²) < 4.78 is 2.03. The molecule has 0 spiro atoms. The normalized spacial score (nSPS) is 19.5. The molecule has 0 amide bonds. The summed E-state index contributed by atoms with van der Waals surface area (Å²) >= 11 is 7.20. The highest BCUT2D eigenvalue weighted by Gasteiger charge is 2.28. The predicted molar refractivity (Wildman–Crippen MR) is 91.9 cm³/mol. The minimum Gasteiger partial charge on any atom is -0.480 e. The summed E-state index contributed by atoms with van der Waals surface area (Å²) in [5.74, 6) is -0.710. The lowest BCUT2D eigenvalue weighted by Gasteiger charge is -2.33. The van der Waals surface area contributed by atoms with Crippen LogP contribution in [0.15, 0.2) is 21.1 Å². The minimum atomic E-state index is -0.710. The van der Waals surface area contributed by atoms with Crippen LogP contribution in [-0.2, 0) is 11.3 Å². The molecule has 116 valence electrons. The summed E-state index contributed by atoms with van der Waals surface area (Å²) in [4.78, 5) is 15.5. The molecule has 1 N–H and O–H groups in total. The molecule has 1 aromatic rings. The molecule has 1 aliphatic heterocycles. The monoisotopic (exact) mass is 418 g/mol. The number of hydrogen-bond donors (Lipinski definition) is 1. The molecular formula is C15H20Br2N2O2. The molecule has 21 heavy (non-hydrogen) atoms. The van der Waals surface area contributed by atoms with Gasteiger partial charge in [0.25, 0.3) is 0 Å². The Balaban J connectivity index is 2.21. The molecule has 1 aromatic carbocycles. The maximum absolute atomic E-state index is 11.4. The molecule has 1 unspecified atom stereocenters. The summed E-state index contributed by atoms with van der Waals surface area (Å²) in [5.41, 5.74) is 2.21. The first-order valence-electron chi connectivity index (χ1n) is 7.02. The highest BCUT2D eigenvalue weighted by molar-refractivity contribution is 9.11. The number of carboxylic acids is 1. The summed E-state index contributed by atoms with van der Waals surface area (Å²) in [5, 5.41) is 9.35. The van der Waals surface area contributed by atoms with Gasteiger partial charge < -0.3 is 10.0 Å². The van der Waals surface area contributed by atoms with E-state index in [2.05, 4.69) is 48.9 Å². The van der Waals surface area contributed by atoms with Crippen molar-refractivity contribution in [3.05, 3.63) is 26.6 Å². The van der Waals surface area contributed by atoms with Gasteiger partial charge in [-0.05, 0) is 68.9 Å². The van der Waals surface area contributed by atoms with Crippen LogP contribution < -0.4 is 4.90 Å². The Hall–Kier alpha value is -0.590. The molecular weight excluding hydrogens is 400 g/mol. The molecule has 4 nitrogen and oxygen atoms in total. The van der Waals surface area contributed by atoms with Crippen molar-refractivity contribution in [3.8, 4) is 0 Å². The Morgan fingerprint density at radius 1 is 1.33 bits per heavy atom. The molecule has 0 saturated carbocycles. The molecule has 1 saturated heterocycles. The molecule has 1 aliphatic rings. The van der Waals surface area contributed by atoms with Crippen LogP contribution in [0.25, 0.3) is 0 Å². The Morgan fingerprint density at radius 2 is 1.95 bits per heavy atom. The summed E-state index contributed by atoms with van der Waals surface area (Å²) in [6, 6.07) is 3.80. The zero-order valence-electron chi connectivity index (χ0n) is 12.3. The van der Waals surface area contributed by atoms with Crippen molar-refractivity contribution in [2.75, 3.05) is 25.5 Å². The van der Waals surface area contributed by atoms with Crippen LogP contribution in [0.4, 0.5) is 5.69 Å². The van der Waals surface area contributed by atoms with E-state index in [1.165, 1.54) is 0 Å². The smallest absolute Gasteiger partial charge is 0.320 e. The van der Waals surface area contributed by atoms with Crippen LogP contribution in [0.2, 0.25) is 0 Å². The molecule has 2 rings (SSSR count). The number of carbonyl (C=O) groups is 1. The summed E-state index contributed by atoms with van der Waals surface area (Å²) in [7, 11) is 3.99. The SMILES string of the molecule is CN(C)c1c(Br)cc(CN2CCCCC2C(=O)O)cc1Br. The number of anilines is 1. The third-order valence-electron chi connectivity index (χ3n) is 3.81. The summed E-state index contributed by atoms with van der Waals surface area (Å²) in [6.07, 6.45) is 2.82. The Kier molecular flexibility index (Phi) is 5.68. The Morgan fingerprint density at radius 3 is 2.48 bits per heavy atom. The third-order valence-corrected chi connectivity index (χ3v) is 5.02. The highest BCUT2D eigenvalue weighted by Crippen LogP contribution is 2.35. The number of piperidine rings is 1. The highest BCUT2D eigenvalue weighted by atomic mass is 79.9. The van der Waals surface area contributed by atoms with E-state index >= 15 is 0 Å². The van der Waals surface area contributed by atoms with Gasteiger partial charge in [-0.2, -0.15) is 0 Å². The zero-order valence-corrected chi connectivity index (χ0v) is 15.4. The predicted octanol–water partition coefficient (Wildman–Crippen LogP) is 3.72. The van der Waals surface area contributed by atoms with Gasteiger partial charge in [0.15, 0.2) is 0 Å². The second-order valence-electron chi connectivity index (χ2n) is 5.62. The molecule has 0 aromatic heterocycles. The van der Waals surface area contributed by atoms with Crippen LogP contribution in [0.5, 0.6) is 0 Å². The molecule has 0 bridgehead atoms. The number of rotatable bonds is 4. The van der Waals surface area contributed by atoms with Gasteiger partial charge in [0.1, 0.15) is 6.04 Å². The van der Waals surface area contributed by atoms with E-state index < -0.39 is 5.97 Å². The van der Waals surface area contributed by atoms with Crippen molar-refractivity contribution in [3.63, 3.8) is 0 Å². The molecule has 1 atom stereocenters. The van der Waals surface area contributed by atoms with Crippen LogP contribution in [-0.4, -0.2) is 42.7 Å². The lowest BCUT2D eigenvalue weighted by atomic mass is 10.0. The topological polar surface area (TPSA) is 43.8 Å². The van der Waals surface area contributed by atoms with Crippen LogP contribution in [0, 0.1) is 0 Å². The van der Waals surface area contributed by atoms with Gasteiger partial charge in [0.2, 0.25) is 0 Å². The second-order valence-corrected chi connectivity index (χ2v) is 7.33. The fourth-order valence-corrected chi connectivity index (χ4v) is 4.82. The Bertz CT molecular complexity index is 511. The first-order valence-corrected chi connectivity index (χ1v) is 8.61. The first kappa shape index (κ1) is 16.8. The number of aliphatic carboxylic acids is 1. The first-order chi connectivity index (χ1) is 9.90. The van der Waals surface area contributed by atoms with Gasteiger partial charge in [-0.1, -0.05) is 6.42 Å². The van der Waals surface area contributed by atoms with Gasteiger partial charge in [0, 0.05) is 29.6 Å². The van der Waals surface area contributed by atoms with E-state index in [1.807, 2.05) is 19.0 Å². The summed E-state index contributed by atoms with van der Waals surface area (Å²) in [6.45, 7) is 1.52. The van der Waals surface area contributed by atoms with E-state index in [1.54, 1.807) is 0 Å². The van der Waals surface area contributed by atoms with Gasteiger partial charge >= 0.3 is 5.97 Å². The fraction of sp³-hybridized carbons (Fsp3) is 0.533. The molecule has 1 heterocycles. The van der Waals surface area contributed by atoms with Crippen molar-refractivity contribution in [2.24, 2.45) is 0 Å². The minimum absolute atomic E-state index is 0.357. The maximum atomic E-state index is 11.4. The molecule has 6 heteroatoms. The lowest BCUT2D eigenvalue weighted by molar-refractivity contribution is -0.144. The standard InChI is InChI=1S/C15H20Br2N2O2/c1-18(2)14-11(16)7-10(8-12(14)17)9-19-6-4-3-5-13(19)15(20)21/h7-8,13H,3-6,9H2,1-2H3,(H,20,21). The maximum Gasteiger partial charge on any atom is 0.320 e. The van der Waals surface area contributed by atoms with Crippen molar-refractivity contribution >= 4 is 43.5 Å². The van der Waals surface area contributed by atoms with Gasteiger partial charge in [-0.25, -0.2) is 0 Å². The quantitative estimate of drug-likeness (QED) is 0.807. The lowest BCUT2D eigenvalue weighted by Crippen LogP contribution is -2.44. The number of hydrogen-bond acceptors (Lipinski definition) is 3. The van der Waals surface area contributed by atoms with Crippen LogP contribution in [0.1, 0.15) is 24.8 Å². The zero-order chi connectivity index (χ0) is 15.6. The van der Waals surface area contributed by atoms with Crippen LogP contribution >= 0.6 is 31.9 Å². The number of nitrogens with zero attached hydrogens (tertiary/aromatic N) is 2. The van der Waals surface area contributed by atoms with Crippen molar-refractivity contribution in [2.45, 2.75) is 31.8 Å². The number of benzene rings is 1. The van der Waals surface area contributed by atoms with E-state index in [0.29, 0.717) is 6.54 Å². The molecule has 0 aliphatic carbocycles. The largest absolute Gasteiger partial charge is 0.480 e. The van der Waals surface area contributed by atoms with Crippen molar-refractivity contribution in [1.29, 1.82) is 0 Å².